The lowest BCUT2D eigenvalue weighted by atomic mass is 10.4. The number of hydrogen-bond acceptors (Lipinski definition) is 5. The highest BCUT2D eigenvalue weighted by molar-refractivity contribution is 5.38. The van der Waals surface area contributed by atoms with E-state index in [-0.39, 0.29) is 0 Å². The van der Waals surface area contributed by atoms with E-state index in [0.717, 1.165) is 38.4 Å². The molecule has 0 radical (unpaired) electrons. The van der Waals surface area contributed by atoms with Gasteiger partial charge in [-0.3, -0.25) is 0 Å². The molecule has 0 aromatic carbocycles. The molecule has 0 saturated carbocycles. The molecule has 1 rings (SSSR count). The van der Waals surface area contributed by atoms with Crippen LogP contribution in [-0.2, 0) is 4.74 Å². The van der Waals surface area contributed by atoms with Crippen LogP contribution in [0.5, 0.6) is 0 Å². The highest BCUT2D eigenvalue weighted by Gasteiger charge is 1.93. The standard InChI is InChI=1S/C10H18N4O/c1-2-7-15-8-3-6-12-10-5-4-9(11)13-14-10/h4-5H,2-3,6-8H2,1H3,(H2,11,13)(H,12,14). The zero-order valence-electron chi connectivity index (χ0n) is 9.07. The monoisotopic (exact) mass is 210 g/mol. The van der Waals surface area contributed by atoms with Crippen LogP contribution in [0.4, 0.5) is 11.6 Å². The molecule has 0 aliphatic rings. The summed E-state index contributed by atoms with van der Waals surface area (Å²) in [5.74, 6) is 1.19. The zero-order valence-corrected chi connectivity index (χ0v) is 9.07. The van der Waals surface area contributed by atoms with Crippen LogP contribution in [0.1, 0.15) is 19.8 Å². The molecule has 0 spiro atoms. The van der Waals surface area contributed by atoms with E-state index in [1.165, 1.54) is 0 Å². The average molecular weight is 210 g/mol. The Morgan fingerprint density at radius 2 is 2.20 bits per heavy atom. The van der Waals surface area contributed by atoms with Crippen molar-refractivity contribution >= 4 is 11.6 Å². The van der Waals surface area contributed by atoms with Crippen LogP contribution in [-0.4, -0.2) is 30.0 Å². The molecule has 15 heavy (non-hydrogen) atoms. The molecule has 0 saturated heterocycles. The van der Waals surface area contributed by atoms with E-state index in [1.54, 1.807) is 6.07 Å². The van der Waals surface area contributed by atoms with Crippen LogP contribution in [0, 0.1) is 0 Å². The van der Waals surface area contributed by atoms with Gasteiger partial charge in [0.1, 0.15) is 11.6 Å². The van der Waals surface area contributed by atoms with Gasteiger partial charge in [-0.15, -0.1) is 10.2 Å². The van der Waals surface area contributed by atoms with Crippen LogP contribution in [0.2, 0.25) is 0 Å². The second kappa shape index (κ2) is 7.00. The van der Waals surface area contributed by atoms with E-state index in [4.69, 9.17) is 10.5 Å². The Labute approximate surface area is 90.0 Å². The number of rotatable bonds is 7. The van der Waals surface area contributed by atoms with Gasteiger partial charge >= 0.3 is 0 Å². The summed E-state index contributed by atoms with van der Waals surface area (Å²) in [4.78, 5) is 0. The maximum atomic E-state index is 5.41. The Kier molecular flexibility index (Phi) is 5.47. The maximum absolute atomic E-state index is 5.41. The number of hydrogen-bond donors (Lipinski definition) is 2. The van der Waals surface area contributed by atoms with Gasteiger partial charge in [0.2, 0.25) is 0 Å². The number of aromatic nitrogens is 2. The van der Waals surface area contributed by atoms with Gasteiger partial charge in [-0.1, -0.05) is 6.92 Å². The number of nitrogens with one attached hydrogen (secondary N) is 1. The minimum absolute atomic E-state index is 0.437. The van der Waals surface area contributed by atoms with Crippen LogP contribution in [0.25, 0.3) is 0 Å². The van der Waals surface area contributed by atoms with E-state index in [1.807, 2.05) is 6.07 Å². The Hall–Kier alpha value is -1.36. The molecule has 1 heterocycles. The normalized spacial score (nSPS) is 10.2. The fraction of sp³-hybridized carbons (Fsp3) is 0.600. The van der Waals surface area contributed by atoms with E-state index < -0.39 is 0 Å². The molecule has 0 bridgehead atoms. The summed E-state index contributed by atoms with van der Waals surface area (Å²) in [5.41, 5.74) is 5.41. The van der Waals surface area contributed by atoms with Crippen molar-refractivity contribution in [3.8, 4) is 0 Å². The highest BCUT2D eigenvalue weighted by Crippen LogP contribution is 2.02. The van der Waals surface area contributed by atoms with Crippen LogP contribution < -0.4 is 11.1 Å². The molecule has 5 nitrogen and oxygen atoms in total. The first kappa shape index (κ1) is 11.7. The first-order valence-corrected chi connectivity index (χ1v) is 5.23. The van der Waals surface area contributed by atoms with Crippen molar-refractivity contribution in [2.75, 3.05) is 30.8 Å². The predicted octanol–water partition coefficient (Wildman–Crippen LogP) is 1.29. The second-order valence-corrected chi connectivity index (χ2v) is 3.24. The molecule has 1 aromatic rings. The number of nitrogens with two attached hydrogens (primary N) is 1. The van der Waals surface area contributed by atoms with E-state index >= 15 is 0 Å². The molecule has 84 valence electrons. The van der Waals surface area contributed by atoms with Crippen molar-refractivity contribution < 1.29 is 4.74 Å². The molecule has 0 amide bonds. The SMILES string of the molecule is CCCOCCCNc1ccc(N)nn1. The lowest BCUT2D eigenvalue weighted by Crippen LogP contribution is -2.08. The van der Waals surface area contributed by atoms with Gasteiger partial charge in [0.25, 0.3) is 0 Å². The zero-order chi connectivity index (χ0) is 10.9. The summed E-state index contributed by atoms with van der Waals surface area (Å²) in [6.45, 7) is 4.55. The molecule has 0 unspecified atom stereocenters. The Bertz CT molecular complexity index is 263. The summed E-state index contributed by atoms with van der Waals surface area (Å²) in [6, 6.07) is 3.54. The summed E-state index contributed by atoms with van der Waals surface area (Å²) in [5, 5.41) is 10.8. The third kappa shape index (κ3) is 5.17. The average Bonchev–Trinajstić information content (AvgIpc) is 2.26. The van der Waals surface area contributed by atoms with Crippen LogP contribution in [0.15, 0.2) is 12.1 Å². The van der Waals surface area contributed by atoms with Gasteiger partial charge in [-0.2, -0.15) is 0 Å². The summed E-state index contributed by atoms with van der Waals surface area (Å²) in [7, 11) is 0. The van der Waals surface area contributed by atoms with Crippen molar-refractivity contribution in [1.29, 1.82) is 0 Å². The van der Waals surface area contributed by atoms with Gasteiger partial charge < -0.3 is 15.8 Å². The quantitative estimate of drug-likeness (QED) is 0.663. The van der Waals surface area contributed by atoms with E-state index in [2.05, 4.69) is 22.4 Å². The van der Waals surface area contributed by atoms with Gasteiger partial charge in [-0.05, 0) is 25.0 Å². The van der Waals surface area contributed by atoms with E-state index in [0.29, 0.717) is 5.82 Å². The van der Waals surface area contributed by atoms with Crippen LogP contribution >= 0.6 is 0 Å². The first-order valence-electron chi connectivity index (χ1n) is 5.23. The van der Waals surface area contributed by atoms with Crippen molar-refractivity contribution in [1.82, 2.24) is 10.2 Å². The number of nitrogens with zero attached hydrogens (tertiary/aromatic N) is 2. The number of nitrogen functional groups attached to an aromatic ring is 1. The molecular formula is C10H18N4O. The largest absolute Gasteiger partial charge is 0.382 e. The molecule has 0 aliphatic heterocycles. The Balaban J connectivity index is 2.07. The third-order valence-electron chi connectivity index (χ3n) is 1.81. The van der Waals surface area contributed by atoms with Crippen molar-refractivity contribution in [3.63, 3.8) is 0 Å². The van der Waals surface area contributed by atoms with Crippen LogP contribution in [0.3, 0.4) is 0 Å². The fourth-order valence-electron chi connectivity index (χ4n) is 1.07. The first-order chi connectivity index (χ1) is 7.33. The maximum Gasteiger partial charge on any atom is 0.148 e. The summed E-state index contributed by atoms with van der Waals surface area (Å²) >= 11 is 0. The summed E-state index contributed by atoms with van der Waals surface area (Å²) in [6.07, 6.45) is 2.03. The highest BCUT2D eigenvalue weighted by atomic mass is 16.5. The topological polar surface area (TPSA) is 73.1 Å². The lowest BCUT2D eigenvalue weighted by molar-refractivity contribution is 0.134. The lowest BCUT2D eigenvalue weighted by Gasteiger charge is -2.05. The minimum Gasteiger partial charge on any atom is -0.382 e. The van der Waals surface area contributed by atoms with Gasteiger partial charge in [0.15, 0.2) is 0 Å². The third-order valence-corrected chi connectivity index (χ3v) is 1.81. The number of anilines is 2. The smallest absolute Gasteiger partial charge is 0.148 e. The predicted molar refractivity (Wildman–Crippen MR) is 60.7 cm³/mol. The van der Waals surface area contributed by atoms with E-state index in [9.17, 15) is 0 Å². The fourth-order valence-corrected chi connectivity index (χ4v) is 1.07. The molecule has 0 aliphatic carbocycles. The second-order valence-electron chi connectivity index (χ2n) is 3.24. The van der Waals surface area contributed by atoms with Crippen molar-refractivity contribution in [2.45, 2.75) is 19.8 Å². The molecule has 0 atom stereocenters. The molecule has 5 heteroatoms. The van der Waals surface area contributed by atoms with Gasteiger partial charge in [0, 0.05) is 19.8 Å². The van der Waals surface area contributed by atoms with Gasteiger partial charge in [-0.25, -0.2) is 0 Å². The molecule has 3 N–H and O–H groups in total. The molecule has 0 fully saturated rings. The minimum atomic E-state index is 0.437. The molecular weight excluding hydrogens is 192 g/mol. The Morgan fingerprint density at radius 3 is 2.87 bits per heavy atom. The molecule has 1 aromatic heterocycles. The van der Waals surface area contributed by atoms with Gasteiger partial charge in [0.05, 0.1) is 0 Å². The summed E-state index contributed by atoms with van der Waals surface area (Å²) < 4.78 is 5.34. The Morgan fingerprint density at radius 1 is 1.33 bits per heavy atom. The van der Waals surface area contributed by atoms with Crippen molar-refractivity contribution in [2.24, 2.45) is 0 Å². The van der Waals surface area contributed by atoms with Crippen molar-refractivity contribution in [3.05, 3.63) is 12.1 Å². The number of ether oxygens (including phenoxy) is 1.